The molecule has 0 saturated heterocycles. The van der Waals surface area contributed by atoms with Gasteiger partial charge in [-0.15, -0.1) is 10.2 Å². The summed E-state index contributed by atoms with van der Waals surface area (Å²) >= 11 is 1.48. The van der Waals surface area contributed by atoms with Crippen molar-refractivity contribution < 1.29 is 9.13 Å². The topological polar surface area (TPSA) is 61.4 Å². The summed E-state index contributed by atoms with van der Waals surface area (Å²) in [6.07, 6.45) is 0. The minimum absolute atomic E-state index is 0.141. The van der Waals surface area contributed by atoms with E-state index >= 15 is 0 Å². The highest BCUT2D eigenvalue weighted by molar-refractivity contribution is 7.99. The van der Waals surface area contributed by atoms with Gasteiger partial charge < -0.3 is 4.74 Å². The molecule has 2 heterocycles. The van der Waals surface area contributed by atoms with Crippen molar-refractivity contribution in [3.05, 3.63) is 95.0 Å². The Balaban J connectivity index is 1.50. The molecule has 6 nitrogen and oxygen atoms in total. The van der Waals surface area contributed by atoms with Crippen LogP contribution in [0.5, 0.6) is 5.75 Å². The van der Waals surface area contributed by atoms with Crippen LogP contribution in [0.15, 0.2) is 88.8 Å². The average molecular weight is 432 g/mol. The largest absolute Gasteiger partial charge is 0.493 e. The molecule has 5 rings (SSSR count). The van der Waals surface area contributed by atoms with Crippen molar-refractivity contribution in [2.45, 2.75) is 5.16 Å². The molecule has 3 aromatic carbocycles. The quantitative estimate of drug-likeness (QED) is 0.295. The third kappa shape index (κ3) is 3.66. The van der Waals surface area contributed by atoms with Crippen LogP contribution >= 0.6 is 11.8 Å². The Morgan fingerprint density at radius 1 is 0.903 bits per heavy atom. The number of benzene rings is 3. The molecule has 31 heavy (non-hydrogen) atoms. The zero-order valence-electron chi connectivity index (χ0n) is 16.3. The Labute approximate surface area is 180 Å². The highest BCUT2D eigenvalue weighted by atomic mass is 32.2. The Hall–Kier alpha value is -3.65. The molecular weight excluding hydrogens is 415 g/mol. The second-order valence-electron chi connectivity index (χ2n) is 6.76. The van der Waals surface area contributed by atoms with E-state index in [0.29, 0.717) is 34.4 Å². The highest BCUT2D eigenvalue weighted by Gasteiger charge is 2.17. The predicted octanol–water partition coefficient (Wildman–Crippen LogP) is 4.34. The van der Waals surface area contributed by atoms with Gasteiger partial charge in [-0.3, -0.25) is 9.20 Å². The van der Waals surface area contributed by atoms with Gasteiger partial charge in [0.25, 0.3) is 5.56 Å². The van der Waals surface area contributed by atoms with Gasteiger partial charge >= 0.3 is 0 Å². The number of halogens is 1. The van der Waals surface area contributed by atoms with Crippen molar-refractivity contribution in [2.24, 2.45) is 0 Å². The number of nitrogens with zero attached hydrogens (tertiary/aromatic N) is 4. The maximum Gasteiger partial charge on any atom is 0.267 e. The Bertz CT molecular complexity index is 1420. The molecule has 0 bridgehead atoms. The predicted molar refractivity (Wildman–Crippen MR) is 119 cm³/mol. The molecule has 0 saturated carbocycles. The first-order chi connectivity index (χ1) is 15.2. The molecule has 0 fully saturated rings. The second-order valence-corrected chi connectivity index (χ2v) is 7.82. The van der Waals surface area contributed by atoms with Gasteiger partial charge in [-0.2, -0.15) is 0 Å². The molecule has 0 aliphatic heterocycles. The molecule has 154 valence electrons. The van der Waals surface area contributed by atoms with Crippen molar-refractivity contribution >= 4 is 28.4 Å². The van der Waals surface area contributed by atoms with Gasteiger partial charge in [-0.1, -0.05) is 42.1 Å². The van der Waals surface area contributed by atoms with E-state index < -0.39 is 0 Å². The van der Waals surface area contributed by atoms with E-state index in [1.165, 1.54) is 23.9 Å². The van der Waals surface area contributed by atoms with Crippen LogP contribution in [0, 0.1) is 5.82 Å². The molecular formula is C23H17FN4O2S. The standard InChI is InChI=1S/C23H17FN4O2S/c24-16-10-12-18(13-11-16)30-14-15-31-23-26-25-22-27(17-6-2-1-3-7-17)21(29)19-8-4-5-9-20(19)28(22)23/h1-13H,14-15H2. The highest BCUT2D eigenvalue weighted by Crippen LogP contribution is 2.23. The van der Waals surface area contributed by atoms with Gasteiger partial charge in [-0.25, -0.2) is 8.96 Å². The van der Waals surface area contributed by atoms with E-state index in [0.717, 1.165) is 11.2 Å². The average Bonchev–Trinajstić information content (AvgIpc) is 3.22. The molecule has 0 aliphatic rings. The third-order valence-electron chi connectivity index (χ3n) is 4.81. The van der Waals surface area contributed by atoms with Crippen LogP contribution in [0.3, 0.4) is 0 Å². The van der Waals surface area contributed by atoms with Crippen molar-refractivity contribution in [1.29, 1.82) is 0 Å². The van der Waals surface area contributed by atoms with Crippen LogP contribution in [0.1, 0.15) is 0 Å². The van der Waals surface area contributed by atoms with E-state index in [4.69, 9.17) is 4.74 Å². The molecule has 0 N–H and O–H groups in total. The smallest absolute Gasteiger partial charge is 0.267 e. The number of hydrogen-bond donors (Lipinski definition) is 0. The van der Waals surface area contributed by atoms with Crippen LogP contribution in [0.2, 0.25) is 0 Å². The monoisotopic (exact) mass is 432 g/mol. The van der Waals surface area contributed by atoms with E-state index in [1.54, 1.807) is 16.7 Å². The summed E-state index contributed by atoms with van der Waals surface area (Å²) in [5.41, 5.74) is 1.34. The summed E-state index contributed by atoms with van der Waals surface area (Å²) in [5.74, 6) is 1.37. The lowest BCUT2D eigenvalue weighted by Gasteiger charge is -2.11. The van der Waals surface area contributed by atoms with Crippen LogP contribution in [-0.2, 0) is 0 Å². The molecule has 0 aliphatic carbocycles. The van der Waals surface area contributed by atoms with Gasteiger partial charge in [-0.05, 0) is 48.5 Å². The molecule has 0 radical (unpaired) electrons. The fourth-order valence-corrected chi connectivity index (χ4v) is 4.16. The van der Waals surface area contributed by atoms with Gasteiger partial charge in [0, 0.05) is 5.75 Å². The van der Waals surface area contributed by atoms with E-state index in [9.17, 15) is 9.18 Å². The maximum absolute atomic E-state index is 13.2. The van der Waals surface area contributed by atoms with Crippen LogP contribution < -0.4 is 10.3 Å². The molecule has 0 unspecified atom stereocenters. The summed E-state index contributed by atoms with van der Waals surface area (Å²) in [7, 11) is 0. The van der Waals surface area contributed by atoms with Crippen molar-refractivity contribution in [1.82, 2.24) is 19.2 Å². The molecule has 5 aromatic rings. The summed E-state index contributed by atoms with van der Waals surface area (Å²) in [6, 6.07) is 22.8. The number of rotatable bonds is 6. The molecule has 0 atom stereocenters. The second kappa shape index (κ2) is 8.23. The van der Waals surface area contributed by atoms with Crippen LogP contribution in [-0.4, -0.2) is 31.5 Å². The van der Waals surface area contributed by atoms with E-state index in [-0.39, 0.29) is 11.4 Å². The number of para-hydroxylation sites is 2. The van der Waals surface area contributed by atoms with Gasteiger partial charge in [0.2, 0.25) is 5.78 Å². The lowest BCUT2D eigenvalue weighted by molar-refractivity contribution is 0.343. The van der Waals surface area contributed by atoms with Gasteiger partial charge in [0.05, 0.1) is 23.2 Å². The van der Waals surface area contributed by atoms with Crippen LogP contribution in [0.4, 0.5) is 4.39 Å². The van der Waals surface area contributed by atoms with Gasteiger partial charge in [0.15, 0.2) is 5.16 Å². The fourth-order valence-electron chi connectivity index (χ4n) is 3.41. The zero-order valence-corrected chi connectivity index (χ0v) is 17.1. The first kappa shape index (κ1) is 19.3. The van der Waals surface area contributed by atoms with Crippen molar-refractivity contribution in [3.63, 3.8) is 0 Å². The minimum Gasteiger partial charge on any atom is -0.493 e. The van der Waals surface area contributed by atoms with Crippen LogP contribution in [0.25, 0.3) is 22.4 Å². The summed E-state index contributed by atoms with van der Waals surface area (Å²) in [6.45, 7) is 0.418. The first-order valence-corrected chi connectivity index (χ1v) is 10.7. The third-order valence-corrected chi connectivity index (χ3v) is 5.70. The van der Waals surface area contributed by atoms with Crippen molar-refractivity contribution in [2.75, 3.05) is 12.4 Å². The van der Waals surface area contributed by atoms with Crippen molar-refractivity contribution in [3.8, 4) is 11.4 Å². The summed E-state index contributed by atoms with van der Waals surface area (Å²) < 4.78 is 22.2. The zero-order chi connectivity index (χ0) is 21.2. The minimum atomic E-state index is -0.298. The lowest BCUT2D eigenvalue weighted by atomic mass is 10.2. The normalized spacial score (nSPS) is 11.3. The number of aromatic nitrogens is 4. The Kier molecular flexibility index (Phi) is 5.13. The van der Waals surface area contributed by atoms with Gasteiger partial charge in [0.1, 0.15) is 11.6 Å². The number of thioether (sulfide) groups is 1. The number of hydrogen-bond acceptors (Lipinski definition) is 5. The molecule has 0 spiro atoms. The first-order valence-electron chi connectivity index (χ1n) is 9.68. The Morgan fingerprint density at radius 2 is 1.65 bits per heavy atom. The van der Waals surface area contributed by atoms with E-state index in [2.05, 4.69) is 10.2 Å². The fraction of sp³-hybridized carbons (Fsp3) is 0.0870. The molecule has 2 aromatic heterocycles. The summed E-state index contributed by atoms with van der Waals surface area (Å²) in [5, 5.41) is 9.92. The van der Waals surface area contributed by atoms with E-state index in [1.807, 2.05) is 59.0 Å². The number of ether oxygens (including phenoxy) is 1. The summed E-state index contributed by atoms with van der Waals surface area (Å²) in [4.78, 5) is 13.2. The molecule has 8 heteroatoms. The maximum atomic E-state index is 13.2. The lowest BCUT2D eigenvalue weighted by Crippen LogP contribution is -2.21. The Morgan fingerprint density at radius 3 is 2.45 bits per heavy atom. The SMILES string of the molecule is O=c1c2ccccc2n2c(SCCOc3ccc(F)cc3)nnc2n1-c1ccccc1. The number of fused-ring (bicyclic) bond motifs is 3. The molecule has 0 amide bonds.